The third-order valence-electron chi connectivity index (χ3n) is 2.27. The summed E-state index contributed by atoms with van der Waals surface area (Å²) in [7, 11) is 1.70. The molecule has 0 aliphatic carbocycles. The maximum atomic E-state index is 11.8. The van der Waals surface area contributed by atoms with Gasteiger partial charge in [0, 0.05) is 12.7 Å². The number of ether oxygens (including phenoxy) is 1. The Morgan fingerprint density at radius 2 is 2.06 bits per heavy atom. The van der Waals surface area contributed by atoms with E-state index in [1.165, 1.54) is 4.90 Å². The molecule has 0 unspecified atom stereocenters. The number of carbonyl (C=O) groups is 1. The van der Waals surface area contributed by atoms with Crippen LogP contribution in [-0.2, 0) is 11.3 Å². The zero-order valence-electron chi connectivity index (χ0n) is 11.5. The molecule has 1 aromatic rings. The maximum absolute atomic E-state index is 11.8. The van der Waals surface area contributed by atoms with Gasteiger partial charge in [-0.2, -0.15) is 0 Å². The van der Waals surface area contributed by atoms with Gasteiger partial charge in [-0.25, -0.2) is 9.78 Å². The van der Waals surface area contributed by atoms with Gasteiger partial charge in [-0.05, 0) is 39.3 Å². The van der Waals surface area contributed by atoms with Gasteiger partial charge in [-0.1, -0.05) is 17.7 Å². The van der Waals surface area contributed by atoms with E-state index in [4.69, 9.17) is 16.3 Å². The van der Waals surface area contributed by atoms with Crippen LogP contribution in [0.2, 0.25) is 5.15 Å². The highest BCUT2D eigenvalue weighted by molar-refractivity contribution is 6.29. The van der Waals surface area contributed by atoms with E-state index in [1.54, 1.807) is 13.1 Å². The van der Waals surface area contributed by atoms with Crippen LogP contribution in [0.3, 0.4) is 0 Å². The summed E-state index contributed by atoms with van der Waals surface area (Å²) < 4.78 is 5.28. The molecule has 18 heavy (non-hydrogen) atoms. The monoisotopic (exact) mass is 270 g/mol. The molecule has 0 spiro atoms. The minimum Gasteiger partial charge on any atom is -0.444 e. The second-order valence-corrected chi connectivity index (χ2v) is 5.60. The van der Waals surface area contributed by atoms with Crippen molar-refractivity contribution in [2.24, 2.45) is 0 Å². The molecule has 1 aromatic heterocycles. The zero-order chi connectivity index (χ0) is 13.9. The van der Waals surface area contributed by atoms with Crippen molar-refractivity contribution in [3.05, 3.63) is 28.5 Å². The Morgan fingerprint density at radius 3 is 2.56 bits per heavy atom. The molecule has 0 fully saturated rings. The zero-order valence-corrected chi connectivity index (χ0v) is 12.2. The first-order chi connectivity index (χ1) is 8.19. The van der Waals surface area contributed by atoms with Gasteiger partial charge in [0.05, 0.1) is 6.54 Å². The van der Waals surface area contributed by atoms with Gasteiger partial charge in [0.1, 0.15) is 10.8 Å². The summed E-state index contributed by atoms with van der Waals surface area (Å²) >= 11 is 5.79. The minimum absolute atomic E-state index is 0.350. The van der Waals surface area contributed by atoms with Crippen LogP contribution in [0.25, 0.3) is 0 Å². The van der Waals surface area contributed by atoms with Crippen LogP contribution in [-0.4, -0.2) is 28.6 Å². The number of aromatic nitrogens is 1. The molecule has 0 saturated carbocycles. The number of rotatable bonds is 2. The number of aryl methyl sites for hydroxylation is 1. The summed E-state index contributed by atoms with van der Waals surface area (Å²) in [6.07, 6.45) is -0.350. The molecule has 1 amide bonds. The van der Waals surface area contributed by atoms with Crippen LogP contribution in [0.5, 0.6) is 0 Å². The van der Waals surface area contributed by atoms with Crippen molar-refractivity contribution in [2.75, 3.05) is 7.05 Å². The first kappa shape index (κ1) is 14.8. The minimum atomic E-state index is -0.487. The van der Waals surface area contributed by atoms with Crippen LogP contribution in [0.4, 0.5) is 4.79 Å². The summed E-state index contributed by atoms with van der Waals surface area (Å²) in [6.45, 7) is 7.84. The second-order valence-electron chi connectivity index (χ2n) is 5.21. The van der Waals surface area contributed by atoms with E-state index in [9.17, 15) is 4.79 Å². The van der Waals surface area contributed by atoms with E-state index in [1.807, 2.05) is 33.8 Å². The van der Waals surface area contributed by atoms with Crippen LogP contribution in [0.15, 0.2) is 12.1 Å². The highest BCUT2D eigenvalue weighted by Gasteiger charge is 2.20. The average molecular weight is 271 g/mol. The van der Waals surface area contributed by atoms with Crippen molar-refractivity contribution in [3.8, 4) is 0 Å². The Kier molecular flexibility index (Phi) is 4.57. The summed E-state index contributed by atoms with van der Waals surface area (Å²) in [6, 6.07) is 3.58. The molecule has 0 bridgehead atoms. The summed E-state index contributed by atoms with van der Waals surface area (Å²) in [5.41, 5.74) is 1.28. The van der Waals surface area contributed by atoms with Crippen LogP contribution < -0.4 is 0 Å². The largest absolute Gasteiger partial charge is 0.444 e. The number of amides is 1. The predicted octanol–water partition coefficient (Wildman–Crippen LogP) is 3.41. The lowest BCUT2D eigenvalue weighted by molar-refractivity contribution is 0.0285. The SMILES string of the molecule is Cc1nc(Cl)ccc1CN(C)C(=O)OC(C)(C)C. The van der Waals surface area contributed by atoms with Gasteiger partial charge in [-0.3, -0.25) is 0 Å². The lowest BCUT2D eigenvalue weighted by Gasteiger charge is -2.25. The fourth-order valence-corrected chi connectivity index (χ4v) is 1.58. The van der Waals surface area contributed by atoms with Gasteiger partial charge >= 0.3 is 6.09 Å². The Hall–Kier alpha value is -1.29. The maximum Gasteiger partial charge on any atom is 0.410 e. The Morgan fingerprint density at radius 1 is 1.44 bits per heavy atom. The third kappa shape index (κ3) is 4.53. The first-order valence-corrected chi connectivity index (χ1v) is 6.13. The van der Waals surface area contributed by atoms with E-state index in [2.05, 4.69) is 4.98 Å². The van der Waals surface area contributed by atoms with Gasteiger partial charge < -0.3 is 9.64 Å². The van der Waals surface area contributed by atoms with Crippen molar-refractivity contribution in [3.63, 3.8) is 0 Å². The number of hydrogen-bond donors (Lipinski definition) is 0. The molecule has 4 nitrogen and oxygen atoms in total. The number of halogens is 1. The molecular formula is C13H19ClN2O2. The van der Waals surface area contributed by atoms with E-state index < -0.39 is 5.60 Å². The van der Waals surface area contributed by atoms with E-state index in [-0.39, 0.29) is 6.09 Å². The lowest BCUT2D eigenvalue weighted by Crippen LogP contribution is -2.34. The highest BCUT2D eigenvalue weighted by atomic mass is 35.5. The molecule has 0 aliphatic rings. The van der Waals surface area contributed by atoms with Crippen molar-refractivity contribution in [2.45, 2.75) is 39.8 Å². The topological polar surface area (TPSA) is 42.4 Å². The first-order valence-electron chi connectivity index (χ1n) is 5.75. The standard InChI is InChI=1S/C13H19ClN2O2/c1-9-10(6-7-11(14)15-9)8-16(5)12(17)18-13(2,3)4/h6-7H,8H2,1-5H3. The number of nitrogens with zero attached hydrogens (tertiary/aromatic N) is 2. The summed E-state index contributed by atoms with van der Waals surface area (Å²) in [5.74, 6) is 0. The lowest BCUT2D eigenvalue weighted by atomic mass is 10.2. The smallest absolute Gasteiger partial charge is 0.410 e. The third-order valence-corrected chi connectivity index (χ3v) is 2.48. The Bertz CT molecular complexity index is 441. The molecule has 1 rings (SSSR count). The molecule has 100 valence electrons. The fraction of sp³-hybridized carbons (Fsp3) is 0.538. The van der Waals surface area contributed by atoms with Gasteiger partial charge in [0.2, 0.25) is 0 Å². The van der Waals surface area contributed by atoms with E-state index in [0.29, 0.717) is 11.7 Å². The molecular weight excluding hydrogens is 252 g/mol. The molecule has 5 heteroatoms. The van der Waals surface area contributed by atoms with Crippen LogP contribution in [0.1, 0.15) is 32.0 Å². The average Bonchev–Trinajstić information content (AvgIpc) is 2.19. The highest BCUT2D eigenvalue weighted by Crippen LogP contribution is 2.14. The van der Waals surface area contributed by atoms with Crippen molar-refractivity contribution < 1.29 is 9.53 Å². The summed E-state index contributed by atoms with van der Waals surface area (Å²) in [5, 5.41) is 0.455. The molecule has 0 aliphatic heterocycles. The molecule has 0 aromatic carbocycles. The van der Waals surface area contributed by atoms with Gasteiger partial charge in [0.15, 0.2) is 0 Å². The summed E-state index contributed by atoms with van der Waals surface area (Å²) in [4.78, 5) is 17.5. The second kappa shape index (κ2) is 5.57. The van der Waals surface area contributed by atoms with Crippen LogP contribution >= 0.6 is 11.6 Å². The van der Waals surface area contributed by atoms with Crippen LogP contribution in [0, 0.1) is 6.92 Å². The normalized spacial score (nSPS) is 11.2. The molecule has 0 radical (unpaired) electrons. The molecule has 0 saturated heterocycles. The number of pyridine rings is 1. The van der Waals surface area contributed by atoms with Crippen molar-refractivity contribution >= 4 is 17.7 Å². The quantitative estimate of drug-likeness (QED) is 0.774. The Labute approximate surface area is 113 Å². The molecule has 0 N–H and O–H groups in total. The Balaban J connectivity index is 2.69. The fourth-order valence-electron chi connectivity index (χ4n) is 1.39. The van der Waals surface area contributed by atoms with Gasteiger partial charge in [-0.15, -0.1) is 0 Å². The number of carbonyl (C=O) groups excluding carboxylic acids is 1. The van der Waals surface area contributed by atoms with Gasteiger partial charge in [0.25, 0.3) is 0 Å². The predicted molar refractivity (Wildman–Crippen MR) is 71.7 cm³/mol. The molecule has 0 atom stereocenters. The van der Waals surface area contributed by atoms with E-state index in [0.717, 1.165) is 11.3 Å². The molecule has 1 heterocycles. The van der Waals surface area contributed by atoms with Crippen molar-refractivity contribution in [1.82, 2.24) is 9.88 Å². The van der Waals surface area contributed by atoms with Crippen molar-refractivity contribution in [1.29, 1.82) is 0 Å². The van der Waals surface area contributed by atoms with E-state index >= 15 is 0 Å². The number of hydrogen-bond acceptors (Lipinski definition) is 3.